The molecule has 0 radical (unpaired) electrons. The summed E-state index contributed by atoms with van der Waals surface area (Å²) < 4.78 is 143. The van der Waals surface area contributed by atoms with Gasteiger partial charge in [0.2, 0.25) is 0 Å². The third-order valence-electron chi connectivity index (χ3n) is 6.74. The zero-order valence-electron chi connectivity index (χ0n) is 22.2. The highest BCUT2D eigenvalue weighted by atomic mass is 35.5. The van der Waals surface area contributed by atoms with Gasteiger partial charge in [0.1, 0.15) is 11.2 Å². The van der Waals surface area contributed by atoms with Crippen LogP contribution in [0.5, 0.6) is 5.75 Å². The molecule has 0 N–H and O–H groups in total. The van der Waals surface area contributed by atoms with Crippen molar-refractivity contribution in [2.45, 2.75) is 42.8 Å². The van der Waals surface area contributed by atoms with Gasteiger partial charge in [-0.2, -0.15) is 36.7 Å². The number of nitriles is 1. The first-order valence-corrected chi connectivity index (χ1v) is 13.0. The number of alkyl halides is 10. The Morgan fingerprint density at radius 1 is 1.00 bits per heavy atom. The Labute approximate surface area is 260 Å². The summed E-state index contributed by atoms with van der Waals surface area (Å²) in [6, 6.07) is 5.05. The zero-order valence-corrected chi connectivity index (χ0v) is 23.7. The predicted molar refractivity (Wildman–Crippen MR) is 136 cm³/mol. The number of nitrogens with zero attached hydrogens (tertiary/aromatic N) is 4. The first-order chi connectivity index (χ1) is 21.2. The van der Waals surface area contributed by atoms with Gasteiger partial charge in [-0.3, -0.25) is 14.5 Å². The normalized spacial score (nSPS) is 14.8. The number of ether oxygens (including phenoxy) is 2. The summed E-state index contributed by atoms with van der Waals surface area (Å²) in [6.45, 7) is -0.553. The molecule has 4 rings (SSSR count). The number of rotatable bonds is 9. The lowest BCUT2D eigenvalue weighted by Gasteiger charge is -2.31. The van der Waals surface area contributed by atoms with Crippen LogP contribution >= 0.6 is 23.2 Å². The van der Waals surface area contributed by atoms with E-state index in [4.69, 9.17) is 23.2 Å². The molecule has 0 unspecified atom stereocenters. The average molecular weight is 707 g/mol. The Hall–Kier alpha value is -4.24. The first kappa shape index (κ1) is 34.6. The van der Waals surface area contributed by atoms with E-state index in [1.807, 2.05) is 6.07 Å². The summed E-state index contributed by atoms with van der Waals surface area (Å²) in [4.78, 5) is 25.0. The third kappa shape index (κ3) is 6.38. The molecular weight excluding hydrogens is 693 g/mol. The van der Waals surface area contributed by atoms with Gasteiger partial charge in [-0.25, -0.2) is 9.07 Å². The van der Waals surface area contributed by atoms with Gasteiger partial charge in [-0.15, -0.1) is 13.2 Å². The van der Waals surface area contributed by atoms with E-state index < -0.39 is 70.6 Å². The van der Waals surface area contributed by atoms with E-state index in [1.54, 1.807) is 0 Å². The topological polar surface area (TPSA) is 97.5 Å². The van der Waals surface area contributed by atoms with Crippen molar-refractivity contribution in [1.29, 1.82) is 5.26 Å². The number of aromatic nitrogens is 2. The minimum atomic E-state index is -6.67. The summed E-state index contributed by atoms with van der Waals surface area (Å²) in [7, 11) is 0. The monoisotopic (exact) mass is 706 g/mol. The van der Waals surface area contributed by atoms with Crippen molar-refractivity contribution in [3.8, 4) is 28.6 Å². The van der Waals surface area contributed by atoms with Gasteiger partial charge in [0, 0.05) is 17.3 Å². The minimum Gasteiger partial charge on any atom is -0.446 e. The van der Waals surface area contributed by atoms with E-state index >= 15 is 0 Å². The van der Waals surface area contributed by atoms with E-state index in [0.29, 0.717) is 4.68 Å². The molecule has 246 valence electrons. The lowest BCUT2D eigenvalue weighted by Crippen LogP contribution is -2.50. The summed E-state index contributed by atoms with van der Waals surface area (Å²) in [5, 5.41) is 11.9. The molecule has 1 aliphatic carbocycles. The van der Waals surface area contributed by atoms with Crippen molar-refractivity contribution in [1.82, 2.24) is 14.7 Å². The van der Waals surface area contributed by atoms with Crippen LogP contribution in [0.1, 0.15) is 28.8 Å². The summed E-state index contributed by atoms with van der Waals surface area (Å²) in [6.07, 6.45) is -16.6. The Morgan fingerprint density at radius 3 is 2.15 bits per heavy atom. The number of amides is 1. The number of halogens is 12. The minimum absolute atomic E-state index is 0.00801. The molecule has 0 spiro atoms. The number of benzene rings is 2. The molecule has 1 aliphatic rings. The standard InChI is InChI=1S/C26H14Cl2F10N4O4/c27-17-2-1-13(5-16(17)21(44)41(11-45-12-43)22(10-39)3-4-22)14-8-40-42(9-14)20-18(28)6-15(7-19(20)46-26(36,37)38)23(29,24(30,31)32)25(33,34)35/h1-2,5-9,12H,3-4,11H2. The maximum Gasteiger partial charge on any atom is 0.573 e. The van der Waals surface area contributed by atoms with E-state index in [0.717, 1.165) is 17.3 Å². The van der Waals surface area contributed by atoms with E-state index in [9.17, 15) is 58.8 Å². The molecule has 0 bridgehead atoms. The Balaban J connectivity index is 1.81. The maximum atomic E-state index is 14.7. The molecule has 0 atom stereocenters. The van der Waals surface area contributed by atoms with E-state index in [-0.39, 0.29) is 47.1 Å². The van der Waals surface area contributed by atoms with Crippen molar-refractivity contribution >= 4 is 35.6 Å². The smallest absolute Gasteiger partial charge is 0.446 e. The Morgan fingerprint density at radius 2 is 1.63 bits per heavy atom. The number of hydrogen-bond donors (Lipinski definition) is 0. The van der Waals surface area contributed by atoms with Crippen LogP contribution in [0.15, 0.2) is 42.7 Å². The van der Waals surface area contributed by atoms with Crippen LogP contribution in [0.3, 0.4) is 0 Å². The van der Waals surface area contributed by atoms with Crippen LogP contribution in [0.4, 0.5) is 43.9 Å². The average Bonchev–Trinajstić information content (AvgIpc) is 3.58. The fourth-order valence-electron chi connectivity index (χ4n) is 4.34. The zero-order chi connectivity index (χ0) is 34.5. The second-order valence-electron chi connectivity index (χ2n) is 9.64. The molecular formula is C26H14Cl2F10N4O4. The summed E-state index contributed by atoms with van der Waals surface area (Å²) in [5.41, 5.74) is -10.9. The van der Waals surface area contributed by atoms with Crippen molar-refractivity contribution in [2.24, 2.45) is 0 Å². The molecule has 1 aromatic heterocycles. The van der Waals surface area contributed by atoms with Gasteiger partial charge in [-0.1, -0.05) is 29.3 Å². The van der Waals surface area contributed by atoms with Gasteiger partial charge >= 0.3 is 24.4 Å². The van der Waals surface area contributed by atoms with Gasteiger partial charge in [0.25, 0.3) is 12.4 Å². The number of carbonyl (C=O) groups excluding carboxylic acids is 2. The van der Waals surface area contributed by atoms with Crippen LogP contribution in [0, 0.1) is 11.3 Å². The number of carbonyl (C=O) groups is 2. The number of hydrogen-bond acceptors (Lipinski definition) is 6. The van der Waals surface area contributed by atoms with Gasteiger partial charge in [-0.05, 0) is 42.7 Å². The maximum absolute atomic E-state index is 14.7. The van der Waals surface area contributed by atoms with Crippen molar-refractivity contribution in [3.63, 3.8) is 0 Å². The molecule has 1 fully saturated rings. The van der Waals surface area contributed by atoms with Gasteiger partial charge in [0.15, 0.2) is 12.5 Å². The van der Waals surface area contributed by atoms with Gasteiger partial charge < -0.3 is 9.47 Å². The van der Waals surface area contributed by atoms with Crippen molar-refractivity contribution in [3.05, 3.63) is 63.9 Å². The highest BCUT2D eigenvalue weighted by Gasteiger charge is 2.73. The van der Waals surface area contributed by atoms with E-state index in [2.05, 4.69) is 14.6 Å². The van der Waals surface area contributed by atoms with Crippen LogP contribution < -0.4 is 4.74 Å². The van der Waals surface area contributed by atoms with Crippen LogP contribution in [0.2, 0.25) is 10.0 Å². The molecule has 20 heteroatoms. The molecule has 1 heterocycles. The first-order valence-electron chi connectivity index (χ1n) is 12.2. The van der Waals surface area contributed by atoms with Crippen molar-refractivity contribution < 1.29 is 63.0 Å². The predicted octanol–water partition coefficient (Wildman–Crippen LogP) is 7.66. The van der Waals surface area contributed by atoms with Crippen LogP contribution in [-0.4, -0.2) is 58.0 Å². The van der Waals surface area contributed by atoms with Crippen molar-refractivity contribution in [2.75, 3.05) is 6.73 Å². The van der Waals surface area contributed by atoms with Crippen LogP contribution in [-0.2, 0) is 15.2 Å². The second kappa shape index (κ2) is 11.8. The largest absolute Gasteiger partial charge is 0.573 e. The highest BCUT2D eigenvalue weighted by molar-refractivity contribution is 6.34. The highest BCUT2D eigenvalue weighted by Crippen LogP contribution is 2.55. The van der Waals surface area contributed by atoms with Gasteiger partial charge in [0.05, 0.1) is 27.9 Å². The molecule has 2 aromatic carbocycles. The molecule has 1 saturated carbocycles. The second-order valence-corrected chi connectivity index (χ2v) is 10.5. The SMILES string of the molecule is N#CC1(N(COC=O)C(=O)c2cc(-c3cnn(-c4c(Cl)cc(C(F)(C(F)(F)F)C(F)(F)F)cc4OC(F)(F)F)c3)ccc2Cl)CC1. The Kier molecular flexibility index (Phi) is 8.92. The molecule has 1 amide bonds. The fraction of sp³-hybridized carbons (Fsp3) is 0.308. The molecule has 3 aromatic rings. The molecule has 46 heavy (non-hydrogen) atoms. The lowest BCUT2D eigenvalue weighted by atomic mass is 9.93. The summed E-state index contributed by atoms with van der Waals surface area (Å²) >= 11 is 12.0. The quantitative estimate of drug-likeness (QED) is 0.129. The lowest BCUT2D eigenvalue weighted by molar-refractivity contribution is -0.348. The van der Waals surface area contributed by atoms with E-state index in [1.165, 1.54) is 18.2 Å². The third-order valence-corrected chi connectivity index (χ3v) is 7.36. The summed E-state index contributed by atoms with van der Waals surface area (Å²) in [5.74, 6) is -2.60. The molecule has 0 aliphatic heterocycles. The molecule has 8 nitrogen and oxygen atoms in total. The van der Waals surface area contributed by atoms with Crippen LogP contribution in [0.25, 0.3) is 16.8 Å². The fourth-order valence-corrected chi connectivity index (χ4v) is 4.83. The Bertz CT molecular complexity index is 1700. The molecule has 0 saturated heterocycles.